The maximum absolute atomic E-state index is 5.55. The van der Waals surface area contributed by atoms with Gasteiger partial charge in [-0.3, -0.25) is 4.98 Å². The van der Waals surface area contributed by atoms with E-state index in [0.29, 0.717) is 0 Å². The fourth-order valence-electron chi connectivity index (χ4n) is 2.68. The third kappa shape index (κ3) is 2.98. The Hall–Kier alpha value is -0.980. The molecule has 0 amide bonds. The Balaban J connectivity index is 2.00. The molecule has 0 unspecified atom stereocenters. The van der Waals surface area contributed by atoms with E-state index >= 15 is 0 Å². The number of nitrogens with one attached hydrogen (secondary N) is 1. The molecule has 1 saturated heterocycles. The molecule has 0 bridgehead atoms. The molecule has 1 aliphatic heterocycles. The first-order valence-electron chi connectivity index (χ1n) is 6.94. The number of pyridine rings is 1. The van der Waals surface area contributed by atoms with Crippen LogP contribution in [-0.2, 0) is 0 Å². The van der Waals surface area contributed by atoms with E-state index in [1.165, 1.54) is 4.88 Å². The van der Waals surface area contributed by atoms with Crippen molar-refractivity contribution in [3.8, 4) is 0 Å². The maximum atomic E-state index is 5.55. The zero-order chi connectivity index (χ0) is 14.8. The number of aromatic nitrogens is 1. The van der Waals surface area contributed by atoms with Crippen molar-refractivity contribution in [2.24, 2.45) is 0 Å². The van der Waals surface area contributed by atoms with E-state index in [9.17, 15) is 0 Å². The van der Waals surface area contributed by atoms with Gasteiger partial charge in [0.05, 0.1) is 21.6 Å². The van der Waals surface area contributed by atoms with Gasteiger partial charge < -0.3 is 10.2 Å². The average Bonchev–Trinajstić information content (AvgIpc) is 3.05. The lowest BCUT2D eigenvalue weighted by molar-refractivity contribution is 0.322. The minimum absolute atomic E-state index is 0.107. The zero-order valence-corrected chi connectivity index (χ0v) is 14.8. The fourth-order valence-corrected chi connectivity index (χ4v) is 4.59. The van der Waals surface area contributed by atoms with Crippen molar-refractivity contribution >= 4 is 44.6 Å². The molecule has 3 nitrogen and oxygen atoms in total. The summed E-state index contributed by atoms with van der Waals surface area (Å²) in [6.07, 6.45) is 2.91. The number of hydrogen-bond donors (Lipinski definition) is 1. The number of thiocarbonyl (C=S) groups is 1. The molecule has 0 saturated carbocycles. The van der Waals surface area contributed by atoms with Gasteiger partial charge in [-0.2, -0.15) is 0 Å². The van der Waals surface area contributed by atoms with Crippen molar-refractivity contribution < 1.29 is 0 Å². The summed E-state index contributed by atoms with van der Waals surface area (Å²) in [5.41, 5.74) is 1.04. The van der Waals surface area contributed by atoms with E-state index in [1.807, 2.05) is 18.3 Å². The summed E-state index contributed by atoms with van der Waals surface area (Å²) in [7, 11) is 0. The van der Waals surface area contributed by atoms with Gasteiger partial charge in [0.15, 0.2) is 5.11 Å². The number of halogens is 1. The Labute approximate surface area is 142 Å². The van der Waals surface area contributed by atoms with Crippen LogP contribution in [0.4, 0.5) is 0 Å². The van der Waals surface area contributed by atoms with Gasteiger partial charge in [0.2, 0.25) is 0 Å². The van der Waals surface area contributed by atoms with Crippen LogP contribution in [0, 0.1) is 0 Å². The van der Waals surface area contributed by atoms with E-state index in [0.717, 1.165) is 27.6 Å². The minimum Gasteiger partial charge on any atom is -0.352 e. The minimum atomic E-state index is 0.107. The molecule has 1 aliphatic rings. The molecule has 2 aromatic rings. The lowest BCUT2D eigenvalue weighted by atomic mass is 10.0. The highest BCUT2D eigenvalue weighted by Gasteiger charge is 2.39. The Morgan fingerprint density at radius 2 is 2.24 bits per heavy atom. The van der Waals surface area contributed by atoms with E-state index in [1.54, 1.807) is 11.3 Å². The quantitative estimate of drug-likeness (QED) is 0.799. The average molecular weight is 382 g/mol. The van der Waals surface area contributed by atoms with Crippen LogP contribution < -0.4 is 5.32 Å². The third-order valence-corrected chi connectivity index (χ3v) is 5.59. The van der Waals surface area contributed by atoms with Crippen LogP contribution in [0.1, 0.15) is 36.0 Å². The first kappa shape index (κ1) is 14.9. The molecule has 110 valence electrons. The van der Waals surface area contributed by atoms with Gasteiger partial charge in [0.1, 0.15) is 0 Å². The molecule has 3 rings (SSSR count). The normalized spacial score (nSPS) is 21.6. The molecule has 1 fully saturated rings. The third-order valence-electron chi connectivity index (χ3n) is 3.55. The Morgan fingerprint density at radius 1 is 1.38 bits per heavy atom. The van der Waals surface area contributed by atoms with Gasteiger partial charge in [-0.15, -0.1) is 11.3 Å². The highest BCUT2D eigenvalue weighted by molar-refractivity contribution is 9.11. The highest BCUT2D eigenvalue weighted by atomic mass is 79.9. The van der Waals surface area contributed by atoms with E-state index < -0.39 is 0 Å². The molecular weight excluding hydrogens is 366 g/mol. The van der Waals surface area contributed by atoms with Crippen molar-refractivity contribution in [2.45, 2.75) is 25.4 Å². The number of nitrogens with zero attached hydrogens (tertiary/aromatic N) is 2. The highest BCUT2D eigenvalue weighted by Crippen LogP contribution is 2.42. The first-order chi connectivity index (χ1) is 10.2. The fraction of sp³-hybridized carbons (Fsp3) is 0.333. The van der Waals surface area contributed by atoms with Crippen LogP contribution in [0.5, 0.6) is 0 Å². The Kier molecular flexibility index (Phi) is 4.57. The largest absolute Gasteiger partial charge is 0.352 e. The Morgan fingerprint density at radius 3 is 2.86 bits per heavy atom. The standard InChI is InChI=1S/C15H16BrN3S2/c1-2-9-19-14(11-6-7-12(16)21-11)13(18-15(19)20)10-5-3-4-8-17-10/h3-8,13-14H,2,9H2,1H3,(H,18,20)/t13-,14-/m0/s1. The monoisotopic (exact) mass is 381 g/mol. The Bertz CT molecular complexity index is 629. The molecule has 6 heteroatoms. The maximum Gasteiger partial charge on any atom is 0.170 e. The second-order valence-electron chi connectivity index (χ2n) is 4.96. The van der Waals surface area contributed by atoms with E-state index in [2.05, 4.69) is 56.3 Å². The van der Waals surface area contributed by atoms with Crippen molar-refractivity contribution in [1.29, 1.82) is 0 Å². The topological polar surface area (TPSA) is 28.2 Å². The van der Waals surface area contributed by atoms with Crippen LogP contribution in [0.15, 0.2) is 40.3 Å². The molecule has 1 N–H and O–H groups in total. The van der Waals surface area contributed by atoms with Crippen LogP contribution in [0.3, 0.4) is 0 Å². The summed E-state index contributed by atoms with van der Waals surface area (Å²) < 4.78 is 1.14. The predicted molar refractivity (Wildman–Crippen MR) is 94.5 cm³/mol. The smallest absolute Gasteiger partial charge is 0.170 e. The van der Waals surface area contributed by atoms with Crippen LogP contribution in [0.2, 0.25) is 0 Å². The predicted octanol–water partition coefficient (Wildman–Crippen LogP) is 4.29. The van der Waals surface area contributed by atoms with E-state index in [4.69, 9.17) is 12.2 Å². The molecule has 3 heterocycles. The van der Waals surface area contributed by atoms with Gasteiger partial charge in [0, 0.05) is 17.6 Å². The lowest BCUT2D eigenvalue weighted by Gasteiger charge is -2.26. The summed E-state index contributed by atoms with van der Waals surface area (Å²) in [6, 6.07) is 10.6. The molecular formula is C15H16BrN3S2. The summed E-state index contributed by atoms with van der Waals surface area (Å²) >= 11 is 10.9. The summed E-state index contributed by atoms with van der Waals surface area (Å²) in [4.78, 5) is 8.11. The summed E-state index contributed by atoms with van der Waals surface area (Å²) in [5.74, 6) is 0. The summed E-state index contributed by atoms with van der Waals surface area (Å²) in [5, 5.41) is 4.27. The molecule has 21 heavy (non-hydrogen) atoms. The van der Waals surface area contributed by atoms with Crippen LogP contribution >= 0.6 is 39.5 Å². The van der Waals surface area contributed by atoms with Gasteiger partial charge in [0.25, 0.3) is 0 Å². The molecule has 0 aromatic carbocycles. The molecule has 0 spiro atoms. The van der Waals surface area contributed by atoms with Crippen molar-refractivity contribution in [3.05, 3.63) is 50.9 Å². The van der Waals surface area contributed by atoms with Gasteiger partial charge in [-0.1, -0.05) is 13.0 Å². The number of rotatable bonds is 4. The van der Waals surface area contributed by atoms with Gasteiger partial charge in [-0.25, -0.2) is 0 Å². The zero-order valence-electron chi connectivity index (χ0n) is 11.6. The van der Waals surface area contributed by atoms with E-state index in [-0.39, 0.29) is 12.1 Å². The molecule has 2 aromatic heterocycles. The first-order valence-corrected chi connectivity index (χ1v) is 8.95. The van der Waals surface area contributed by atoms with Gasteiger partial charge in [-0.05, 0) is 58.8 Å². The second-order valence-corrected chi connectivity index (χ2v) is 7.84. The number of hydrogen-bond acceptors (Lipinski definition) is 3. The summed E-state index contributed by atoms with van der Waals surface area (Å²) in [6.45, 7) is 3.13. The number of thiophene rings is 1. The lowest BCUT2D eigenvalue weighted by Crippen LogP contribution is -2.29. The second kappa shape index (κ2) is 6.42. The van der Waals surface area contributed by atoms with Crippen LogP contribution in [-0.4, -0.2) is 21.5 Å². The van der Waals surface area contributed by atoms with Gasteiger partial charge >= 0.3 is 0 Å². The van der Waals surface area contributed by atoms with Crippen molar-refractivity contribution in [2.75, 3.05) is 6.54 Å². The molecule has 2 atom stereocenters. The van der Waals surface area contributed by atoms with Crippen molar-refractivity contribution in [1.82, 2.24) is 15.2 Å². The molecule has 0 aliphatic carbocycles. The molecule has 0 radical (unpaired) electrons. The van der Waals surface area contributed by atoms with Crippen LogP contribution in [0.25, 0.3) is 0 Å². The SMILES string of the molecule is CCCN1C(=S)N[C@@H](c2ccccn2)[C@@H]1c1ccc(Br)s1. The van der Waals surface area contributed by atoms with Crippen molar-refractivity contribution in [3.63, 3.8) is 0 Å².